The van der Waals surface area contributed by atoms with Gasteiger partial charge in [0.1, 0.15) is 13.2 Å². The molecule has 0 heterocycles. The highest BCUT2D eigenvalue weighted by atomic mass is 16.6. The number of unbranched alkanes of at least 4 members (excludes halogenated alkanes) is 11. The third-order valence-electron chi connectivity index (χ3n) is 11.2. The van der Waals surface area contributed by atoms with Crippen molar-refractivity contribution in [3.8, 4) is 0 Å². The molecule has 0 radical (unpaired) electrons. The zero-order valence-electron chi connectivity index (χ0n) is 46.3. The topological polar surface area (TPSA) is 78.9 Å². The highest BCUT2D eigenvalue weighted by Gasteiger charge is 2.19. The van der Waals surface area contributed by atoms with Crippen molar-refractivity contribution in [2.75, 3.05) is 13.2 Å². The average Bonchev–Trinajstić information content (AvgIpc) is 3.39. The minimum atomic E-state index is -0.856. The standard InChI is InChI=1S/C67H102O6/c1-4-7-10-13-16-19-22-25-27-28-29-30-31-32-33-34-35-36-37-38-40-42-45-48-51-54-57-60-66(69)72-63-64(62-71-65(68)59-56-53-50-47-44-41-24-21-18-15-12-9-6-3)73-67(70)61-58-55-52-49-46-43-39-26-23-20-17-14-11-8-5-2/h7-8,10-12,15-17,19-21,24-27,29-30,32-33,35-36,38-40,46,49,55,58,64H,4-6,9,13-14,18,22-23,28,31,34,37,41-45,47-48,50-54,56-57,59-63H2,1-3H3/b10-7-,11-8-,15-12-,19-16-,20-17-,24-21-,27-25-,30-29-,33-32-,36-35-,39-26-,40-38-,49-46-,58-55-. The number of hydrogen-bond donors (Lipinski definition) is 0. The predicted octanol–water partition coefficient (Wildman–Crippen LogP) is 19.5. The van der Waals surface area contributed by atoms with Crippen LogP contribution in [0.5, 0.6) is 0 Å². The second kappa shape index (κ2) is 59.3. The first kappa shape index (κ1) is 67.8. The Morgan fingerprint density at radius 1 is 0.301 bits per heavy atom. The number of esters is 3. The molecular weight excluding hydrogens is 901 g/mol. The SMILES string of the molecule is CC/C=C\C/C=C\C/C=C\C/C=C\C/C=C\C/C=C\C/C=C\CCCCCCCC(=O)OCC(COC(=O)CCCCCCC/C=C\C/C=C\CCC)OC(=O)C/C=C\C/C=C\C/C=C\C/C=C\C/C=C\CC. The molecule has 0 aromatic heterocycles. The highest BCUT2D eigenvalue weighted by Crippen LogP contribution is 2.12. The molecule has 0 aromatic rings. The number of carbonyl (C=O) groups excluding carboxylic acids is 3. The van der Waals surface area contributed by atoms with E-state index in [1.54, 1.807) is 6.08 Å². The van der Waals surface area contributed by atoms with E-state index in [1.807, 2.05) is 6.08 Å². The molecule has 406 valence electrons. The molecule has 0 amide bonds. The Balaban J connectivity index is 4.49. The molecular formula is C67H102O6. The van der Waals surface area contributed by atoms with Crippen LogP contribution in [0.15, 0.2) is 170 Å². The molecule has 0 aliphatic carbocycles. The summed E-state index contributed by atoms with van der Waals surface area (Å²) < 4.78 is 16.7. The van der Waals surface area contributed by atoms with Crippen LogP contribution < -0.4 is 0 Å². The van der Waals surface area contributed by atoms with Gasteiger partial charge in [-0.3, -0.25) is 14.4 Å². The van der Waals surface area contributed by atoms with Crippen LogP contribution in [-0.2, 0) is 28.6 Å². The van der Waals surface area contributed by atoms with Gasteiger partial charge in [0.15, 0.2) is 6.10 Å². The molecule has 0 saturated heterocycles. The first-order valence-corrected chi connectivity index (χ1v) is 28.6. The van der Waals surface area contributed by atoms with Crippen molar-refractivity contribution >= 4 is 17.9 Å². The Morgan fingerprint density at radius 3 is 0.904 bits per heavy atom. The maximum atomic E-state index is 12.8. The summed E-state index contributed by atoms with van der Waals surface area (Å²) in [4.78, 5) is 38.1. The fourth-order valence-electron chi connectivity index (χ4n) is 7.00. The van der Waals surface area contributed by atoms with Crippen LogP contribution in [-0.4, -0.2) is 37.2 Å². The number of ether oxygens (including phenoxy) is 3. The maximum Gasteiger partial charge on any atom is 0.310 e. The van der Waals surface area contributed by atoms with E-state index in [2.05, 4.69) is 179 Å². The predicted molar refractivity (Wildman–Crippen MR) is 315 cm³/mol. The van der Waals surface area contributed by atoms with E-state index in [0.717, 1.165) is 161 Å². The molecule has 1 atom stereocenters. The van der Waals surface area contributed by atoms with Gasteiger partial charge in [-0.25, -0.2) is 0 Å². The molecule has 1 unspecified atom stereocenters. The van der Waals surface area contributed by atoms with Gasteiger partial charge in [-0.1, -0.05) is 236 Å². The lowest BCUT2D eigenvalue weighted by Crippen LogP contribution is -2.30. The van der Waals surface area contributed by atoms with Crippen LogP contribution >= 0.6 is 0 Å². The van der Waals surface area contributed by atoms with Crippen LogP contribution in [0, 0.1) is 0 Å². The molecule has 6 nitrogen and oxygen atoms in total. The summed E-state index contributed by atoms with van der Waals surface area (Å²) >= 11 is 0. The second-order valence-corrected chi connectivity index (χ2v) is 18.1. The van der Waals surface area contributed by atoms with E-state index in [-0.39, 0.29) is 31.6 Å². The van der Waals surface area contributed by atoms with E-state index in [0.29, 0.717) is 19.3 Å². The Kier molecular flexibility index (Phi) is 55.1. The van der Waals surface area contributed by atoms with Gasteiger partial charge in [-0.2, -0.15) is 0 Å². The van der Waals surface area contributed by atoms with Crippen molar-refractivity contribution in [2.45, 2.75) is 219 Å². The van der Waals surface area contributed by atoms with Crippen molar-refractivity contribution in [1.82, 2.24) is 0 Å². The van der Waals surface area contributed by atoms with Gasteiger partial charge in [0.2, 0.25) is 0 Å². The number of rotatable bonds is 49. The first-order chi connectivity index (χ1) is 36.0. The quantitative estimate of drug-likeness (QED) is 0.0261. The van der Waals surface area contributed by atoms with Gasteiger partial charge in [0.05, 0.1) is 6.42 Å². The lowest BCUT2D eigenvalue weighted by Gasteiger charge is -2.18. The van der Waals surface area contributed by atoms with Crippen molar-refractivity contribution in [2.24, 2.45) is 0 Å². The minimum absolute atomic E-state index is 0.0803. The Bertz CT molecular complexity index is 1720. The molecule has 0 N–H and O–H groups in total. The summed E-state index contributed by atoms with van der Waals surface area (Å²) in [5.41, 5.74) is 0. The van der Waals surface area contributed by atoms with Gasteiger partial charge in [-0.05, 0) is 128 Å². The van der Waals surface area contributed by atoms with Crippen LogP contribution in [0.25, 0.3) is 0 Å². The van der Waals surface area contributed by atoms with Crippen LogP contribution in [0.3, 0.4) is 0 Å². The van der Waals surface area contributed by atoms with Gasteiger partial charge in [0, 0.05) is 12.8 Å². The van der Waals surface area contributed by atoms with E-state index in [1.165, 1.54) is 6.42 Å². The zero-order valence-corrected chi connectivity index (χ0v) is 46.3. The zero-order chi connectivity index (χ0) is 52.9. The number of hydrogen-bond acceptors (Lipinski definition) is 6. The van der Waals surface area contributed by atoms with E-state index in [9.17, 15) is 14.4 Å². The summed E-state index contributed by atoms with van der Waals surface area (Å²) in [5.74, 6) is -1.11. The molecule has 0 aliphatic heterocycles. The lowest BCUT2D eigenvalue weighted by atomic mass is 10.1. The van der Waals surface area contributed by atoms with Gasteiger partial charge in [0.25, 0.3) is 0 Å². The Hall–Kier alpha value is -5.23. The first-order valence-electron chi connectivity index (χ1n) is 28.6. The van der Waals surface area contributed by atoms with Crippen LogP contribution in [0.1, 0.15) is 213 Å². The molecule has 0 aromatic carbocycles. The summed E-state index contributed by atoms with van der Waals surface area (Å²) in [6.45, 7) is 6.21. The summed E-state index contributed by atoms with van der Waals surface area (Å²) in [6.07, 6.45) is 88.0. The minimum Gasteiger partial charge on any atom is -0.462 e. The van der Waals surface area contributed by atoms with Crippen LogP contribution in [0.2, 0.25) is 0 Å². The maximum absolute atomic E-state index is 12.8. The smallest absolute Gasteiger partial charge is 0.310 e. The Morgan fingerprint density at radius 2 is 0.575 bits per heavy atom. The van der Waals surface area contributed by atoms with E-state index >= 15 is 0 Å². The fourth-order valence-corrected chi connectivity index (χ4v) is 7.00. The van der Waals surface area contributed by atoms with Gasteiger partial charge >= 0.3 is 17.9 Å². The third kappa shape index (κ3) is 57.5. The number of allylic oxidation sites excluding steroid dienone is 27. The van der Waals surface area contributed by atoms with Crippen molar-refractivity contribution in [3.63, 3.8) is 0 Å². The van der Waals surface area contributed by atoms with Crippen molar-refractivity contribution < 1.29 is 28.6 Å². The van der Waals surface area contributed by atoms with Crippen molar-refractivity contribution in [1.29, 1.82) is 0 Å². The fraction of sp³-hybridized carbons (Fsp3) is 0.537. The molecule has 0 spiro atoms. The summed E-state index contributed by atoms with van der Waals surface area (Å²) in [6, 6.07) is 0. The molecule has 6 heteroatoms. The van der Waals surface area contributed by atoms with Gasteiger partial charge < -0.3 is 14.2 Å². The molecule has 0 aliphatic rings. The summed E-state index contributed by atoms with van der Waals surface area (Å²) in [7, 11) is 0. The Labute approximate surface area is 447 Å². The third-order valence-corrected chi connectivity index (χ3v) is 11.2. The average molecular weight is 1000 g/mol. The number of carbonyl (C=O) groups is 3. The molecule has 0 fully saturated rings. The van der Waals surface area contributed by atoms with Crippen LogP contribution in [0.4, 0.5) is 0 Å². The van der Waals surface area contributed by atoms with Crippen molar-refractivity contribution in [3.05, 3.63) is 170 Å². The van der Waals surface area contributed by atoms with Gasteiger partial charge in [-0.15, -0.1) is 0 Å². The highest BCUT2D eigenvalue weighted by molar-refractivity contribution is 5.72. The van der Waals surface area contributed by atoms with E-state index in [4.69, 9.17) is 14.2 Å². The van der Waals surface area contributed by atoms with E-state index < -0.39 is 12.1 Å². The lowest BCUT2D eigenvalue weighted by molar-refractivity contribution is -0.166. The molecule has 0 bridgehead atoms. The monoisotopic (exact) mass is 1000 g/mol. The second-order valence-electron chi connectivity index (χ2n) is 18.1. The summed E-state index contributed by atoms with van der Waals surface area (Å²) in [5, 5.41) is 0. The normalized spacial score (nSPS) is 13.4. The largest absolute Gasteiger partial charge is 0.462 e. The molecule has 0 rings (SSSR count). The molecule has 0 saturated carbocycles. The molecule has 73 heavy (non-hydrogen) atoms.